The first-order chi connectivity index (χ1) is 8.13. The highest BCUT2D eigenvalue weighted by Gasteiger charge is 2.20. The van der Waals surface area contributed by atoms with Crippen LogP contribution in [0.5, 0.6) is 0 Å². The van der Waals surface area contributed by atoms with Crippen LogP contribution in [-0.4, -0.2) is 16.2 Å². The number of aryl methyl sites for hydroxylation is 1. The molecule has 0 amide bonds. The number of rotatable bonds is 4. The first-order valence-corrected chi connectivity index (χ1v) is 6.08. The fourth-order valence-electron chi connectivity index (χ4n) is 1.62. The first kappa shape index (κ1) is 11.9. The van der Waals surface area contributed by atoms with Crippen molar-refractivity contribution in [1.29, 1.82) is 0 Å². The molecule has 90 valence electrons. The Labute approximate surface area is 102 Å². The predicted octanol–water partition coefficient (Wildman–Crippen LogP) is 2.68. The fraction of sp³-hybridized carbons (Fsp3) is 0.250. The van der Waals surface area contributed by atoms with E-state index in [4.69, 9.17) is 9.52 Å². The van der Waals surface area contributed by atoms with Crippen molar-refractivity contribution in [2.45, 2.75) is 19.4 Å². The molecule has 0 aromatic carbocycles. The Kier molecular flexibility index (Phi) is 3.31. The lowest BCUT2D eigenvalue weighted by Gasteiger charge is -2.07. The molecule has 5 heteroatoms. The minimum Gasteiger partial charge on any atom is -0.475 e. The second kappa shape index (κ2) is 4.73. The molecule has 17 heavy (non-hydrogen) atoms. The molecule has 0 spiro atoms. The highest BCUT2D eigenvalue weighted by atomic mass is 32.1. The summed E-state index contributed by atoms with van der Waals surface area (Å²) in [5.41, 5.74) is 1.05. The summed E-state index contributed by atoms with van der Waals surface area (Å²) in [6.07, 6.45) is -0.0689. The Hall–Kier alpha value is -1.59. The van der Waals surface area contributed by atoms with Crippen LogP contribution in [0.1, 0.15) is 39.8 Å². The zero-order chi connectivity index (χ0) is 12.4. The van der Waals surface area contributed by atoms with Gasteiger partial charge in [-0.3, -0.25) is 0 Å². The van der Waals surface area contributed by atoms with Gasteiger partial charge in [-0.2, -0.15) is 0 Å². The van der Waals surface area contributed by atoms with Gasteiger partial charge in [0.25, 0.3) is 0 Å². The highest BCUT2D eigenvalue weighted by molar-refractivity contribution is 7.10. The molecule has 2 heterocycles. The molecule has 0 fully saturated rings. The van der Waals surface area contributed by atoms with Crippen LogP contribution >= 0.6 is 11.3 Å². The summed E-state index contributed by atoms with van der Waals surface area (Å²) in [5.74, 6) is -1.03. The van der Waals surface area contributed by atoms with Gasteiger partial charge in [-0.1, -0.05) is 6.92 Å². The maximum atomic E-state index is 10.7. The van der Waals surface area contributed by atoms with Crippen LogP contribution in [0.4, 0.5) is 0 Å². The summed E-state index contributed by atoms with van der Waals surface area (Å²) in [6.45, 7) is 2.00. The van der Waals surface area contributed by atoms with Crippen LogP contribution < -0.4 is 0 Å². The normalized spacial score (nSPS) is 12.6. The molecule has 0 aliphatic heterocycles. The van der Waals surface area contributed by atoms with E-state index in [1.807, 2.05) is 18.4 Å². The number of thiophene rings is 1. The van der Waals surface area contributed by atoms with E-state index in [1.165, 1.54) is 23.5 Å². The van der Waals surface area contributed by atoms with Crippen molar-refractivity contribution in [2.75, 3.05) is 0 Å². The third-order valence-electron chi connectivity index (χ3n) is 2.52. The van der Waals surface area contributed by atoms with Gasteiger partial charge in [-0.15, -0.1) is 11.3 Å². The number of carboxylic acid groups (broad SMARTS) is 1. The van der Waals surface area contributed by atoms with Crippen molar-refractivity contribution in [3.8, 4) is 0 Å². The Morgan fingerprint density at radius 3 is 2.82 bits per heavy atom. The van der Waals surface area contributed by atoms with Crippen LogP contribution in [0, 0.1) is 0 Å². The summed E-state index contributed by atoms with van der Waals surface area (Å²) < 4.78 is 5.09. The molecule has 1 atom stereocenters. The molecule has 1 unspecified atom stereocenters. The number of carbonyl (C=O) groups is 1. The van der Waals surface area contributed by atoms with Crippen LogP contribution in [0.25, 0.3) is 0 Å². The Morgan fingerprint density at radius 1 is 1.47 bits per heavy atom. The molecule has 0 bridgehead atoms. The third kappa shape index (κ3) is 2.25. The SMILES string of the molecule is CCc1ccsc1C(O)c1ccc(C(=O)O)o1. The number of furan rings is 1. The van der Waals surface area contributed by atoms with Crippen molar-refractivity contribution in [1.82, 2.24) is 0 Å². The van der Waals surface area contributed by atoms with Gasteiger partial charge in [-0.25, -0.2) is 4.79 Å². The lowest BCUT2D eigenvalue weighted by molar-refractivity contribution is 0.0655. The zero-order valence-electron chi connectivity index (χ0n) is 9.21. The van der Waals surface area contributed by atoms with Gasteiger partial charge in [-0.05, 0) is 35.6 Å². The molecular weight excluding hydrogens is 240 g/mol. The molecule has 0 saturated heterocycles. The fourth-order valence-corrected chi connectivity index (χ4v) is 2.61. The van der Waals surface area contributed by atoms with Crippen LogP contribution in [-0.2, 0) is 6.42 Å². The van der Waals surface area contributed by atoms with E-state index in [9.17, 15) is 9.90 Å². The van der Waals surface area contributed by atoms with Crippen molar-refractivity contribution in [2.24, 2.45) is 0 Å². The monoisotopic (exact) mass is 252 g/mol. The Balaban J connectivity index is 2.30. The molecule has 2 aromatic heterocycles. The average molecular weight is 252 g/mol. The number of aromatic carboxylic acids is 1. The van der Waals surface area contributed by atoms with E-state index in [1.54, 1.807) is 0 Å². The second-order valence-electron chi connectivity index (χ2n) is 3.57. The summed E-state index contributed by atoms with van der Waals surface area (Å²) in [5, 5.41) is 20.8. The van der Waals surface area contributed by atoms with Gasteiger partial charge in [0.1, 0.15) is 11.9 Å². The molecule has 2 N–H and O–H groups in total. The molecule has 0 aliphatic carbocycles. The first-order valence-electron chi connectivity index (χ1n) is 5.20. The molecular formula is C12H12O4S. The van der Waals surface area contributed by atoms with Gasteiger partial charge in [0.05, 0.1) is 0 Å². The minimum atomic E-state index is -1.13. The molecule has 2 rings (SSSR count). The smallest absolute Gasteiger partial charge is 0.371 e. The van der Waals surface area contributed by atoms with Crippen LogP contribution in [0.3, 0.4) is 0 Å². The Morgan fingerprint density at radius 2 is 2.24 bits per heavy atom. The van der Waals surface area contributed by atoms with E-state index in [-0.39, 0.29) is 11.5 Å². The number of hydrogen-bond acceptors (Lipinski definition) is 4. The quantitative estimate of drug-likeness (QED) is 0.877. The van der Waals surface area contributed by atoms with Crippen molar-refractivity contribution in [3.63, 3.8) is 0 Å². The number of carboxylic acids is 1. The van der Waals surface area contributed by atoms with Gasteiger partial charge >= 0.3 is 5.97 Å². The van der Waals surface area contributed by atoms with Gasteiger partial charge in [0, 0.05) is 4.88 Å². The zero-order valence-corrected chi connectivity index (χ0v) is 10.0. The van der Waals surface area contributed by atoms with E-state index in [0.29, 0.717) is 0 Å². The maximum absolute atomic E-state index is 10.7. The number of aliphatic hydroxyl groups excluding tert-OH is 1. The summed E-state index contributed by atoms with van der Waals surface area (Å²) in [6, 6.07) is 4.79. The Bertz CT molecular complexity index is 526. The van der Waals surface area contributed by atoms with Crippen LogP contribution in [0.15, 0.2) is 28.0 Å². The van der Waals surface area contributed by atoms with Crippen molar-refractivity contribution >= 4 is 17.3 Å². The molecule has 4 nitrogen and oxygen atoms in total. The van der Waals surface area contributed by atoms with E-state index in [0.717, 1.165) is 16.9 Å². The summed E-state index contributed by atoms with van der Waals surface area (Å²) >= 11 is 1.44. The van der Waals surface area contributed by atoms with Crippen LogP contribution in [0.2, 0.25) is 0 Å². The summed E-state index contributed by atoms with van der Waals surface area (Å²) in [4.78, 5) is 11.5. The standard InChI is InChI=1S/C12H12O4S/c1-2-7-5-6-17-11(7)10(13)8-3-4-9(16-8)12(14)15/h3-6,10,13H,2H2,1H3,(H,14,15). The van der Waals surface area contributed by atoms with Crippen molar-refractivity contribution < 1.29 is 19.4 Å². The van der Waals surface area contributed by atoms with Gasteiger partial charge < -0.3 is 14.6 Å². The predicted molar refractivity (Wildman–Crippen MR) is 63.4 cm³/mol. The molecule has 0 radical (unpaired) electrons. The molecule has 0 aliphatic rings. The van der Waals surface area contributed by atoms with Crippen molar-refractivity contribution in [3.05, 3.63) is 45.5 Å². The largest absolute Gasteiger partial charge is 0.475 e. The topological polar surface area (TPSA) is 70.7 Å². The third-order valence-corrected chi connectivity index (χ3v) is 3.53. The van der Waals surface area contributed by atoms with Gasteiger partial charge in [0.2, 0.25) is 5.76 Å². The number of hydrogen-bond donors (Lipinski definition) is 2. The lowest BCUT2D eigenvalue weighted by atomic mass is 10.1. The van der Waals surface area contributed by atoms with E-state index < -0.39 is 12.1 Å². The number of aliphatic hydroxyl groups is 1. The maximum Gasteiger partial charge on any atom is 0.371 e. The average Bonchev–Trinajstić information content (AvgIpc) is 2.96. The minimum absolute atomic E-state index is 0.159. The highest BCUT2D eigenvalue weighted by Crippen LogP contribution is 2.30. The second-order valence-corrected chi connectivity index (χ2v) is 4.52. The van der Waals surface area contributed by atoms with E-state index >= 15 is 0 Å². The summed E-state index contributed by atoms with van der Waals surface area (Å²) in [7, 11) is 0. The van der Waals surface area contributed by atoms with E-state index in [2.05, 4.69) is 0 Å². The molecule has 0 saturated carbocycles. The molecule has 2 aromatic rings. The lowest BCUT2D eigenvalue weighted by Crippen LogP contribution is -1.99. The van der Waals surface area contributed by atoms with Gasteiger partial charge in [0.15, 0.2) is 0 Å².